The molecule has 0 aromatic heterocycles. The second-order valence-corrected chi connectivity index (χ2v) is 3.57. The molecule has 0 fully saturated rings. The van der Waals surface area contributed by atoms with Crippen LogP contribution in [0.2, 0.25) is 0 Å². The highest BCUT2D eigenvalue weighted by Crippen LogP contribution is 2.22. The Bertz CT molecular complexity index is 491. The van der Waals surface area contributed by atoms with E-state index in [0.29, 0.717) is 12.1 Å². The number of rotatable bonds is 4. The summed E-state index contributed by atoms with van der Waals surface area (Å²) in [4.78, 5) is 20.8. The van der Waals surface area contributed by atoms with Crippen molar-refractivity contribution in [3.8, 4) is 0 Å². The molecule has 0 unspecified atom stereocenters. The van der Waals surface area contributed by atoms with Gasteiger partial charge < -0.3 is 10.4 Å². The number of nitrogens with zero attached hydrogens (tertiary/aromatic N) is 1. The minimum absolute atomic E-state index is 0.222. The third-order valence-corrected chi connectivity index (χ3v) is 2.05. The second kappa shape index (κ2) is 5.50. The lowest BCUT2D eigenvalue weighted by atomic mass is 10.1. The summed E-state index contributed by atoms with van der Waals surface area (Å²) in [5.74, 6) is -3.90. The number of halogens is 2. The average molecular weight is 260 g/mol. The Kier molecular flexibility index (Phi) is 4.27. The van der Waals surface area contributed by atoms with E-state index in [0.717, 1.165) is 0 Å². The van der Waals surface area contributed by atoms with Crippen molar-refractivity contribution in [3.05, 3.63) is 39.4 Å². The fourth-order valence-electron chi connectivity index (χ4n) is 1.22. The number of benzene rings is 1. The Morgan fingerprint density at radius 1 is 1.56 bits per heavy atom. The average Bonchev–Trinajstić information content (AvgIpc) is 2.25. The molecule has 18 heavy (non-hydrogen) atoms. The van der Waals surface area contributed by atoms with Crippen LogP contribution >= 0.6 is 0 Å². The maximum Gasteiger partial charge on any atom is 0.305 e. The van der Waals surface area contributed by atoms with E-state index in [-0.39, 0.29) is 6.54 Å². The third-order valence-electron chi connectivity index (χ3n) is 2.05. The van der Waals surface area contributed by atoms with Crippen LogP contribution in [-0.2, 0) is 0 Å². The van der Waals surface area contributed by atoms with Crippen molar-refractivity contribution >= 4 is 11.6 Å². The van der Waals surface area contributed by atoms with Crippen LogP contribution in [0.1, 0.15) is 17.3 Å². The van der Waals surface area contributed by atoms with Crippen LogP contribution in [0.5, 0.6) is 0 Å². The predicted molar refractivity (Wildman–Crippen MR) is 57.0 cm³/mol. The molecule has 0 spiro atoms. The summed E-state index contributed by atoms with van der Waals surface area (Å²) in [5, 5.41) is 21.4. The molecule has 0 aliphatic carbocycles. The molecule has 1 amide bonds. The minimum Gasteiger partial charge on any atom is -0.392 e. The molecular weight excluding hydrogens is 250 g/mol. The van der Waals surface area contributed by atoms with Crippen molar-refractivity contribution in [1.82, 2.24) is 5.32 Å². The lowest BCUT2D eigenvalue weighted by Crippen LogP contribution is -2.32. The number of nitro benzene ring substituents is 1. The monoisotopic (exact) mass is 260 g/mol. The van der Waals surface area contributed by atoms with E-state index in [1.165, 1.54) is 6.92 Å². The number of aliphatic hydroxyl groups excluding tert-OH is 1. The molecule has 6 nitrogen and oxygen atoms in total. The van der Waals surface area contributed by atoms with E-state index in [1.807, 2.05) is 0 Å². The Hall–Kier alpha value is -2.09. The second-order valence-electron chi connectivity index (χ2n) is 3.57. The highest BCUT2D eigenvalue weighted by molar-refractivity contribution is 5.95. The van der Waals surface area contributed by atoms with E-state index in [9.17, 15) is 23.7 Å². The van der Waals surface area contributed by atoms with Gasteiger partial charge in [-0.05, 0) is 13.0 Å². The Balaban J connectivity index is 3.11. The number of amides is 1. The third kappa shape index (κ3) is 2.98. The molecule has 0 heterocycles. The van der Waals surface area contributed by atoms with E-state index in [4.69, 9.17) is 5.11 Å². The molecule has 8 heteroatoms. The number of nitrogens with one attached hydrogen (secondary N) is 1. The first-order valence-electron chi connectivity index (χ1n) is 4.93. The SMILES string of the molecule is C[C@@H](O)CNC(=O)c1c(F)ccc([N+](=O)[O-])c1F. The van der Waals surface area contributed by atoms with Gasteiger partial charge >= 0.3 is 5.69 Å². The van der Waals surface area contributed by atoms with Crippen molar-refractivity contribution in [2.24, 2.45) is 0 Å². The first kappa shape index (κ1) is 14.0. The van der Waals surface area contributed by atoms with Gasteiger partial charge in [0.05, 0.1) is 11.0 Å². The first-order valence-corrected chi connectivity index (χ1v) is 4.93. The molecule has 0 aliphatic rings. The van der Waals surface area contributed by atoms with Gasteiger partial charge in [0.2, 0.25) is 5.82 Å². The van der Waals surface area contributed by atoms with E-state index in [1.54, 1.807) is 0 Å². The summed E-state index contributed by atoms with van der Waals surface area (Å²) in [6.07, 6.45) is -0.904. The number of carbonyl (C=O) groups excluding carboxylic acids is 1. The molecule has 0 saturated heterocycles. The van der Waals surface area contributed by atoms with Crippen LogP contribution in [0, 0.1) is 21.7 Å². The highest BCUT2D eigenvalue weighted by atomic mass is 19.1. The van der Waals surface area contributed by atoms with Gasteiger partial charge in [-0.25, -0.2) is 4.39 Å². The predicted octanol–water partition coefficient (Wildman–Crippen LogP) is 0.984. The molecule has 98 valence electrons. The lowest BCUT2D eigenvalue weighted by molar-refractivity contribution is -0.387. The molecule has 0 aliphatic heterocycles. The fourth-order valence-corrected chi connectivity index (χ4v) is 1.22. The van der Waals surface area contributed by atoms with Gasteiger partial charge in [-0.15, -0.1) is 0 Å². The van der Waals surface area contributed by atoms with Crippen molar-refractivity contribution < 1.29 is 23.6 Å². The number of carbonyl (C=O) groups is 1. The quantitative estimate of drug-likeness (QED) is 0.623. The standard InChI is InChI=1S/C10H10F2N2O4/c1-5(15)4-13-10(16)8-6(11)2-3-7(9(8)12)14(17)18/h2-3,5,15H,4H2,1H3,(H,13,16)/t5-/m1/s1. The van der Waals surface area contributed by atoms with Gasteiger partial charge in [0.1, 0.15) is 11.4 Å². The van der Waals surface area contributed by atoms with Gasteiger partial charge in [-0.1, -0.05) is 0 Å². The van der Waals surface area contributed by atoms with Crippen LogP contribution in [0.3, 0.4) is 0 Å². The van der Waals surface area contributed by atoms with Crippen molar-refractivity contribution in [2.75, 3.05) is 6.54 Å². The number of hydrogen-bond donors (Lipinski definition) is 2. The summed E-state index contributed by atoms with van der Waals surface area (Å²) in [6, 6.07) is 1.27. The molecule has 1 rings (SSSR count). The van der Waals surface area contributed by atoms with Gasteiger partial charge in [-0.3, -0.25) is 14.9 Å². The molecule has 1 aromatic rings. The van der Waals surface area contributed by atoms with Crippen molar-refractivity contribution in [1.29, 1.82) is 0 Å². The van der Waals surface area contributed by atoms with E-state index >= 15 is 0 Å². The smallest absolute Gasteiger partial charge is 0.305 e. The highest BCUT2D eigenvalue weighted by Gasteiger charge is 2.26. The lowest BCUT2D eigenvalue weighted by Gasteiger charge is -2.08. The topological polar surface area (TPSA) is 92.5 Å². The van der Waals surface area contributed by atoms with E-state index in [2.05, 4.69) is 5.32 Å². The van der Waals surface area contributed by atoms with Crippen molar-refractivity contribution in [2.45, 2.75) is 13.0 Å². The molecular formula is C10H10F2N2O4. The Morgan fingerprint density at radius 3 is 2.67 bits per heavy atom. The molecule has 0 saturated carbocycles. The Labute approximate surface area is 100 Å². The Morgan fingerprint density at radius 2 is 2.17 bits per heavy atom. The summed E-state index contributed by atoms with van der Waals surface area (Å²) in [5.41, 5.74) is -2.02. The molecule has 0 radical (unpaired) electrons. The zero-order valence-corrected chi connectivity index (χ0v) is 9.31. The molecule has 2 N–H and O–H groups in total. The molecule has 1 aromatic carbocycles. The van der Waals surface area contributed by atoms with Crippen LogP contribution in [0.25, 0.3) is 0 Å². The number of aliphatic hydroxyl groups is 1. The summed E-state index contributed by atoms with van der Waals surface area (Å²) >= 11 is 0. The largest absolute Gasteiger partial charge is 0.392 e. The first-order chi connectivity index (χ1) is 8.34. The summed E-state index contributed by atoms with van der Waals surface area (Å²) in [6.45, 7) is 1.14. The molecule has 0 bridgehead atoms. The van der Waals surface area contributed by atoms with Crippen LogP contribution in [0.4, 0.5) is 14.5 Å². The normalized spacial score (nSPS) is 12.0. The van der Waals surface area contributed by atoms with Crippen LogP contribution < -0.4 is 5.32 Å². The zero-order chi connectivity index (χ0) is 13.9. The van der Waals surface area contributed by atoms with Gasteiger partial charge in [0, 0.05) is 12.6 Å². The fraction of sp³-hybridized carbons (Fsp3) is 0.300. The maximum atomic E-state index is 13.6. The minimum atomic E-state index is -1.54. The van der Waals surface area contributed by atoms with Crippen molar-refractivity contribution in [3.63, 3.8) is 0 Å². The van der Waals surface area contributed by atoms with Crippen LogP contribution in [0.15, 0.2) is 12.1 Å². The number of hydrogen-bond acceptors (Lipinski definition) is 4. The van der Waals surface area contributed by atoms with Crippen LogP contribution in [-0.4, -0.2) is 28.6 Å². The zero-order valence-electron chi connectivity index (χ0n) is 9.31. The van der Waals surface area contributed by atoms with Gasteiger partial charge in [0.25, 0.3) is 5.91 Å². The summed E-state index contributed by atoms with van der Waals surface area (Å²) in [7, 11) is 0. The maximum absolute atomic E-state index is 13.6. The number of nitro groups is 1. The van der Waals surface area contributed by atoms with Gasteiger partial charge in [0.15, 0.2) is 0 Å². The molecule has 1 atom stereocenters. The van der Waals surface area contributed by atoms with Gasteiger partial charge in [-0.2, -0.15) is 4.39 Å². The van der Waals surface area contributed by atoms with E-state index < -0.39 is 39.8 Å². The summed E-state index contributed by atoms with van der Waals surface area (Å²) < 4.78 is 26.8.